The highest BCUT2D eigenvalue weighted by Crippen LogP contribution is 2.33. The second kappa shape index (κ2) is 7.37. The fraction of sp³-hybridized carbons (Fsp3) is 0.529. The van der Waals surface area contributed by atoms with Gasteiger partial charge in [-0.15, -0.1) is 0 Å². The standard InChI is InChI=1S/C17H19Cl2N3O2S/c18-11-8-13-15(9-12(11)19)25-17(20-13)21-16(23)14-2-1-5-22(14)10-3-6-24-7-4-10/h8-10,14H,1-7H2,(H,20,21,23)/t14-/m0/s1. The summed E-state index contributed by atoms with van der Waals surface area (Å²) in [4.78, 5) is 19.6. The molecule has 4 rings (SSSR count). The first-order chi connectivity index (χ1) is 12.1. The van der Waals surface area contributed by atoms with Crippen LogP contribution in [-0.2, 0) is 9.53 Å². The Labute approximate surface area is 160 Å². The minimum Gasteiger partial charge on any atom is -0.381 e. The van der Waals surface area contributed by atoms with Crippen LogP contribution in [0.2, 0.25) is 10.0 Å². The van der Waals surface area contributed by atoms with E-state index in [0.29, 0.717) is 21.2 Å². The summed E-state index contributed by atoms with van der Waals surface area (Å²) in [6.07, 6.45) is 3.95. The summed E-state index contributed by atoms with van der Waals surface area (Å²) < 4.78 is 6.36. The van der Waals surface area contributed by atoms with Crippen molar-refractivity contribution >= 4 is 55.8 Å². The number of benzene rings is 1. The quantitative estimate of drug-likeness (QED) is 0.840. The molecule has 25 heavy (non-hydrogen) atoms. The van der Waals surface area contributed by atoms with E-state index in [4.69, 9.17) is 27.9 Å². The predicted molar refractivity (Wildman–Crippen MR) is 102 cm³/mol. The molecule has 5 nitrogen and oxygen atoms in total. The molecule has 2 aliphatic heterocycles. The lowest BCUT2D eigenvalue weighted by atomic mass is 10.1. The molecule has 0 saturated carbocycles. The molecule has 1 atom stereocenters. The number of hydrogen-bond donors (Lipinski definition) is 1. The number of anilines is 1. The second-order valence-corrected chi connectivity index (χ2v) is 8.33. The number of carbonyl (C=O) groups excluding carboxylic acids is 1. The summed E-state index contributed by atoms with van der Waals surface area (Å²) in [6, 6.07) is 3.88. The molecule has 134 valence electrons. The maximum absolute atomic E-state index is 12.8. The van der Waals surface area contributed by atoms with Gasteiger partial charge in [-0.05, 0) is 44.4 Å². The zero-order valence-electron chi connectivity index (χ0n) is 13.6. The Morgan fingerprint density at radius 2 is 2.00 bits per heavy atom. The third-order valence-electron chi connectivity index (χ3n) is 4.92. The van der Waals surface area contributed by atoms with Gasteiger partial charge in [-0.3, -0.25) is 9.69 Å². The van der Waals surface area contributed by atoms with E-state index < -0.39 is 0 Å². The second-order valence-electron chi connectivity index (χ2n) is 6.48. The molecular formula is C17H19Cl2N3O2S. The van der Waals surface area contributed by atoms with Crippen LogP contribution in [0.15, 0.2) is 12.1 Å². The summed E-state index contributed by atoms with van der Waals surface area (Å²) in [5.41, 5.74) is 0.752. The van der Waals surface area contributed by atoms with Gasteiger partial charge in [-0.2, -0.15) is 0 Å². The average Bonchev–Trinajstić information content (AvgIpc) is 3.23. The van der Waals surface area contributed by atoms with E-state index in [1.165, 1.54) is 11.3 Å². The number of fused-ring (bicyclic) bond motifs is 1. The number of carbonyl (C=O) groups is 1. The molecule has 3 heterocycles. The molecule has 2 aromatic rings. The van der Waals surface area contributed by atoms with Gasteiger partial charge in [0.15, 0.2) is 5.13 Å². The van der Waals surface area contributed by atoms with Crippen LogP contribution in [0.4, 0.5) is 5.13 Å². The fourth-order valence-corrected chi connectivity index (χ4v) is 4.97. The van der Waals surface area contributed by atoms with Crippen LogP contribution < -0.4 is 5.32 Å². The highest BCUT2D eigenvalue weighted by atomic mass is 35.5. The maximum atomic E-state index is 12.8. The Balaban J connectivity index is 1.49. The highest BCUT2D eigenvalue weighted by molar-refractivity contribution is 7.22. The summed E-state index contributed by atoms with van der Waals surface area (Å²) in [5, 5.41) is 4.55. The molecule has 1 aromatic heterocycles. The van der Waals surface area contributed by atoms with Crippen molar-refractivity contribution in [2.75, 3.05) is 25.1 Å². The van der Waals surface area contributed by atoms with Crippen LogP contribution in [-0.4, -0.2) is 47.6 Å². The number of halogens is 2. The lowest BCUT2D eigenvalue weighted by Crippen LogP contribution is -2.47. The monoisotopic (exact) mass is 399 g/mol. The number of nitrogens with zero attached hydrogens (tertiary/aromatic N) is 2. The zero-order valence-corrected chi connectivity index (χ0v) is 16.0. The van der Waals surface area contributed by atoms with Crippen LogP contribution in [0.1, 0.15) is 25.7 Å². The first-order valence-electron chi connectivity index (χ1n) is 8.52. The average molecular weight is 400 g/mol. The summed E-state index contributed by atoms with van der Waals surface area (Å²) in [5.74, 6) is 0.0280. The molecule has 8 heteroatoms. The Hall–Kier alpha value is -0.920. The minimum atomic E-state index is -0.0812. The Bertz CT molecular complexity index is 753. The third-order valence-corrected chi connectivity index (χ3v) is 6.57. The molecular weight excluding hydrogens is 381 g/mol. The SMILES string of the molecule is O=C(Nc1nc2cc(Cl)c(Cl)cc2s1)[C@@H]1CCCN1C1CCOCC1. The van der Waals surface area contributed by atoms with Crippen molar-refractivity contribution in [3.05, 3.63) is 22.2 Å². The Morgan fingerprint density at radius 3 is 2.80 bits per heavy atom. The number of amides is 1. The molecule has 0 bridgehead atoms. The number of ether oxygens (including phenoxy) is 1. The van der Waals surface area contributed by atoms with Gasteiger partial charge in [-0.25, -0.2) is 4.98 Å². The number of nitrogens with one attached hydrogen (secondary N) is 1. The van der Waals surface area contributed by atoms with E-state index in [-0.39, 0.29) is 11.9 Å². The van der Waals surface area contributed by atoms with Gasteiger partial charge in [0.25, 0.3) is 0 Å². The number of aromatic nitrogens is 1. The van der Waals surface area contributed by atoms with Crippen molar-refractivity contribution in [3.8, 4) is 0 Å². The molecule has 0 unspecified atom stereocenters. The summed E-state index contributed by atoms with van der Waals surface area (Å²) in [7, 11) is 0. The summed E-state index contributed by atoms with van der Waals surface area (Å²) in [6.45, 7) is 2.55. The third kappa shape index (κ3) is 3.64. The summed E-state index contributed by atoms with van der Waals surface area (Å²) >= 11 is 13.5. The van der Waals surface area contributed by atoms with E-state index in [0.717, 1.165) is 55.7 Å². The van der Waals surface area contributed by atoms with Gasteiger partial charge in [0, 0.05) is 19.3 Å². The molecule has 0 spiro atoms. The van der Waals surface area contributed by atoms with Crippen LogP contribution in [0.3, 0.4) is 0 Å². The van der Waals surface area contributed by atoms with Crippen molar-refractivity contribution < 1.29 is 9.53 Å². The van der Waals surface area contributed by atoms with E-state index in [9.17, 15) is 4.79 Å². The number of rotatable bonds is 3. The van der Waals surface area contributed by atoms with Crippen LogP contribution >= 0.6 is 34.5 Å². The Kier molecular flexibility index (Phi) is 5.15. The molecule has 2 fully saturated rings. The van der Waals surface area contributed by atoms with Crippen molar-refractivity contribution in [2.45, 2.75) is 37.8 Å². The number of likely N-dealkylation sites (tertiary alicyclic amines) is 1. The number of thiazole rings is 1. The highest BCUT2D eigenvalue weighted by Gasteiger charge is 2.36. The van der Waals surface area contributed by atoms with Gasteiger partial charge in [0.2, 0.25) is 5.91 Å². The molecule has 2 saturated heterocycles. The molecule has 0 radical (unpaired) electrons. The van der Waals surface area contributed by atoms with Gasteiger partial charge in [-0.1, -0.05) is 34.5 Å². The smallest absolute Gasteiger partial charge is 0.243 e. The van der Waals surface area contributed by atoms with Crippen molar-refractivity contribution in [2.24, 2.45) is 0 Å². The topological polar surface area (TPSA) is 54.5 Å². The Morgan fingerprint density at radius 1 is 1.24 bits per heavy atom. The first-order valence-corrected chi connectivity index (χ1v) is 10.1. The lowest BCUT2D eigenvalue weighted by Gasteiger charge is -2.34. The van der Waals surface area contributed by atoms with Gasteiger partial charge in [0.1, 0.15) is 0 Å². The zero-order chi connectivity index (χ0) is 17.4. The van der Waals surface area contributed by atoms with Gasteiger partial charge in [0.05, 0.1) is 26.3 Å². The maximum Gasteiger partial charge on any atom is 0.243 e. The fourth-order valence-electron chi connectivity index (χ4n) is 3.69. The van der Waals surface area contributed by atoms with Crippen LogP contribution in [0, 0.1) is 0 Å². The predicted octanol–water partition coefficient (Wildman–Crippen LogP) is 4.19. The van der Waals surface area contributed by atoms with Gasteiger partial charge < -0.3 is 10.1 Å². The molecule has 0 aliphatic carbocycles. The molecule has 1 N–H and O–H groups in total. The van der Waals surface area contributed by atoms with Gasteiger partial charge >= 0.3 is 0 Å². The minimum absolute atomic E-state index is 0.0280. The number of hydrogen-bond acceptors (Lipinski definition) is 5. The van der Waals surface area contributed by atoms with Crippen molar-refractivity contribution in [1.29, 1.82) is 0 Å². The largest absolute Gasteiger partial charge is 0.381 e. The van der Waals surface area contributed by atoms with Crippen molar-refractivity contribution in [3.63, 3.8) is 0 Å². The molecule has 1 aromatic carbocycles. The van der Waals surface area contributed by atoms with E-state index in [1.807, 2.05) is 0 Å². The van der Waals surface area contributed by atoms with Crippen LogP contribution in [0.25, 0.3) is 10.2 Å². The lowest BCUT2D eigenvalue weighted by molar-refractivity contribution is -0.121. The normalized spacial score (nSPS) is 22.6. The first kappa shape index (κ1) is 17.5. The van der Waals surface area contributed by atoms with E-state index in [2.05, 4.69) is 15.2 Å². The van der Waals surface area contributed by atoms with Crippen LogP contribution in [0.5, 0.6) is 0 Å². The van der Waals surface area contributed by atoms with Crippen molar-refractivity contribution in [1.82, 2.24) is 9.88 Å². The van der Waals surface area contributed by atoms with E-state index in [1.54, 1.807) is 12.1 Å². The molecule has 1 amide bonds. The van der Waals surface area contributed by atoms with E-state index >= 15 is 0 Å². The molecule has 2 aliphatic rings.